The van der Waals surface area contributed by atoms with Crippen molar-refractivity contribution in [3.8, 4) is 16.9 Å². The van der Waals surface area contributed by atoms with Crippen LogP contribution in [0.5, 0.6) is 5.75 Å². The molecule has 3 aromatic rings. The molecule has 1 aromatic heterocycles. The van der Waals surface area contributed by atoms with E-state index in [0.717, 1.165) is 28.8 Å². The van der Waals surface area contributed by atoms with Gasteiger partial charge in [-0.05, 0) is 61.2 Å². The van der Waals surface area contributed by atoms with Crippen LogP contribution in [-0.2, 0) is 19.0 Å². The fraction of sp³-hybridized carbons (Fsp3) is 0.292. The molecule has 0 amide bonds. The topological polar surface area (TPSA) is 50.4 Å². The molecule has 31 heavy (non-hydrogen) atoms. The Kier molecular flexibility index (Phi) is 6.84. The van der Waals surface area contributed by atoms with Gasteiger partial charge in [-0.25, -0.2) is 4.79 Å². The molecule has 0 fully saturated rings. The summed E-state index contributed by atoms with van der Waals surface area (Å²) in [6, 6.07) is 10.3. The van der Waals surface area contributed by atoms with Crippen molar-refractivity contribution in [2.45, 2.75) is 44.7 Å². The fourth-order valence-corrected chi connectivity index (χ4v) is 4.45. The summed E-state index contributed by atoms with van der Waals surface area (Å²) in [6.07, 6.45) is -3.30. The van der Waals surface area contributed by atoms with Gasteiger partial charge in [0.15, 0.2) is 0 Å². The van der Waals surface area contributed by atoms with Gasteiger partial charge in [0.25, 0.3) is 0 Å². The standard InChI is InChI=1S/C24H23F3O3S/c1-4-16-12-14(2)11-15(3)21(16)22-20(28)13-18(30-23(22)29)9-10-31-19-7-5-17(6-8-19)24(25,26)27/h5-8,11-13,28H,4,9-10H2,1-3H3. The van der Waals surface area contributed by atoms with Gasteiger partial charge in [-0.1, -0.05) is 24.6 Å². The van der Waals surface area contributed by atoms with Crippen molar-refractivity contribution >= 4 is 11.8 Å². The minimum absolute atomic E-state index is 0.132. The lowest BCUT2D eigenvalue weighted by Crippen LogP contribution is -2.08. The third-order valence-electron chi connectivity index (χ3n) is 4.97. The predicted molar refractivity (Wildman–Crippen MR) is 117 cm³/mol. The second-order valence-corrected chi connectivity index (χ2v) is 8.52. The fourth-order valence-electron chi connectivity index (χ4n) is 3.58. The molecule has 0 aliphatic heterocycles. The van der Waals surface area contributed by atoms with Gasteiger partial charge in [0, 0.05) is 23.1 Å². The normalized spacial score (nSPS) is 11.7. The first-order valence-electron chi connectivity index (χ1n) is 9.86. The summed E-state index contributed by atoms with van der Waals surface area (Å²) in [5, 5.41) is 10.6. The molecule has 3 nitrogen and oxygen atoms in total. The van der Waals surface area contributed by atoms with Crippen molar-refractivity contribution in [3.05, 3.63) is 80.9 Å². The highest BCUT2D eigenvalue weighted by molar-refractivity contribution is 7.99. The van der Waals surface area contributed by atoms with Crippen molar-refractivity contribution in [3.63, 3.8) is 0 Å². The molecule has 7 heteroatoms. The van der Waals surface area contributed by atoms with E-state index in [1.807, 2.05) is 32.9 Å². The molecule has 0 aliphatic rings. The Labute approximate surface area is 182 Å². The maximum absolute atomic E-state index is 12.7. The van der Waals surface area contributed by atoms with Gasteiger partial charge >= 0.3 is 11.8 Å². The van der Waals surface area contributed by atoms with E-state index in [4.69, 9.17) is 4.42 Å². The van der Waals surface area contributed by atoms with Gasteiger partial charge in [-0.15, -0.1) is 11.8 Å². The van der Waals surface area contributed by atoms with Gasteiger partial charge in [0.1, 0.15) is 17.1 Å². The molecule has 164 valence electrons. The van der Waals surface area contributed by atoms with Crippen molar-refractivity contribution in [2.75, 3.05) is 5.75 Å². The number of aromatic hydroxyl groups is 1. The molecule has 1 heterocycles. The summed E-state index contributed by atoms with van der Waals surface area (Å²) in [5.41, 5.74) is 2.51. The zero-order valence-corrected chi connectivity index (χ0v) is 18.3. The summed E-state index contributed by atoms with van der Waals surface area (Å²) in [4.78, 5) is 13.4. The molecule has 0 spiro atoms. The Balaban J connectivity index is 1.77. The van der Waals surface area contributed by atoms with E-state index in [9.17, 15) is 23.1 Å². The van der Waals surface area contributed by atoms with Crippen LogP contribution < -0.4 is 5.63 Å². The number of alkyl halides is 3. The van der Waals surface area contributed by atoms with Gasteiger partial charge in [0.2, 0.25) is 0 Å². The smallest absolute Gasteiger partial charge is 0.416 e. The van der Waals surface area contributed by atoms with E-state index < -0.39 is 17.4 Å². The van der Waals surface area contributed by atoms with Crippen molar-refractivity contribution in [1.82, 2.24) is 0 Å². The molecule has 0 unspecified atom stereocenters. The lowest BCUT2D eigenvalue weighted by molar-refractivity contribution is -0.137. The summed E-state index contributed by atoms with van der Waals surface area (Å²) >= 11 is 1.35. The third kappa shape index (κ3) is 5.34. The number of rotatable bonds is 6. The molecular formula is C24H23F3O3S. The monoisotopic (exact) mass is 448 g/mol. The number of benzene rings is 2. The highest BCUT2D eigenvalue weighted by Crippen LogP contribution is 2.34. The number of halogens is 3. The Bertz CT molecular complexity index is 1130. The van der Waals surface area contributed by atoms with Gasteiger partial charge in [-0.2, -0.15) is 13.2 Å². The minimum Gasteiger partial charge on any atom is -0.507 e. The number of hydrogen-bond donors (Lipinski definition) is 1. The molecule has 0 bridgehead atoms. The van der Waals surface area contributed by atoms with E-state index >= 15 is 0 Å². The van der Waals surface area contributed by atoms with E-state index in [-0.39, 0.29) is 11.3 Å². The Morgan fingerprint density at radius 2 is 1.71 bits per heavy atom. The van der Waals surface area contributed by atoms with Crippen LogP contribution in [-0.4, -0.2) is 10.9 Å². The highest BCUT2D eigenvalue weighted by Gasteiger charge is 2.29. The summed E-state index contributed by atoms with van der Waals surface area (Å²) in [5.74, 6) is 0.678. The lowest BCUT2D eigenvalue weighted by atomic mass is 9.92. The lowest BCUT2D eigenvalue weighted by Gasteiger charge is -2.14. The first-order chi connectivity index (χ1) is 14.6. The van der Waals surface area contributed by atoms with Crippen LogP contribution in [0.3, 0.4) is 0 Å². The van der Waals surface area contributed by atoms with Crippen LogP contribution in [0, 0.1) is 13.8 Å². The molecule has 0 saturated heterocycles. The van der Waals surface area contributed by atoms with Crippen LogP contribution in [0.4, 0.5) is 13.2 Å². The molecule has 0 aliphatic carbocycles. The first kappa shape index (κ1) is 23.0. The first-order valence-corrected chi connectivity index (χ1v) is 10.8. The summed E-state index contributed by atoms with van der Waals surface area (Å²) < 4.78 is 43.4. The van der Waals surface area contributed by atoms with E-state index in [1.54, 1.807) is 0 Å². The van der Waals surface area contributed by atoms with E-state index in [2.05, 4.69) is 0 Å². The van der Waals surface area contributed by atoms with E-state index in [1.165, 1.54) is 30.0 Å². The zero-order valence-electron chi connectivity index (χ0n) is 17.5. The second kappa shape index (κ2) is 9.22. The van der Waals surface area contributed by atoms with Crippen LogP contribution in [0.2, 0.25) is 0 Å². The van der Waals surface area contributed by atoms with Crippen LogP contribution >= 0.6 is 11.8 Å². The number of thioether (sulfide) groups is 1. The minimum atomic E-state index is -4.36. The molecule has 0 atom stereocenters. The molecule has 0 saturated carbocycles. The van der Waals surface area contributed by atoms with Crippen LogP contribution in [0.15, 0.2) is 56.6 Å². The SMILES string of the molecule is CCc1cc(C)cc(C)c1-c1c(O)cc(CCSc2ccc(C(F)(F)F)cc2)oc1=O. The van der Waals surface area contributed by atoms with Gasteiger partial charge in [0.05, 0.1) is 5.56 Å². The quantitative estimate of drug-likeness (QED) is 0.435. The molecule has 2 aromatic carbocycles. The summed E-state index contributed by atoms with van der Waals surface area (Å²) in [7, 11) is 0. The van der Waals surface area contributed by atoms with Crippen molar-refractivity contribution in [2.24, 2.45) is 0 Å². The summed E-state index contributed by atoms with van der Waals surface area (Å²) in [6.45, 7) is 5.87. The average Bonchev–Trinajstić information content (AvgIpc) is 2.68. The predicted octanol–water partition coefficient (Wildman–Crippen LogP) is 6.55. The highest BCUT2D eigenvalue weighted by atomic mass is 32.2. The zero-order chi connectivity index (χ0) is 22.8. The third-order valence-corrected chi connectivity index (χ3v) is 5.99. The molecule has 0 radical (unpaired) electrons. The molecular weight excluding hydrogens is 425 g/mol. The van der Waals surface area contributed by atoms with E-state index in [0.29, 0.717) is 34.8 Å². The second-order valence-electron chi connectivity index (χ2n) is 7.35. The molecule has 1 N–H and O–H groups in total. The van der Waals surface area contributed by atoms with Crippen LogP contribution in [0.1, 0.15) is 34.9 Å². The Morgan fingerprint density at radius 1 is 1.03 bits per heavy atom. The Hall–Kier alpha value is -2.67. The number of aryl methyl sites for hydroxylation is 4. The van der Waals surface area contributed by atoms with Crippen LogP contribution in [0.25, 0.3) is 11.1 Å². The molecule has 3 rings (SSSR count). The number of hydrogen-bond acceptors (Lipinski definition) is 4. The van der Waals surface area contributed by atoms with Gasteiger partial charge < -0.3 is 9.52 Å². The van der Waals surface area contributed by atoms with Gasteiger partial charge in [-0.3, -0.25) is 0 Å². The van der Waals surface area contributed by atoms with Crippen molar-refractivity contribution < 1.29 is 22.7 Å². The maximum atomic E-state index is 12.7. The maximum Gasteiger partial charge on any atom is 0.416 e. The average molecular weight is 449 g/mol. The largest absolute Gasteiger partial charge is 0.507 e. The Morgan fingerprint density at radius 3 is 2.29 bits per heavy atom. The van der Waals surface area contributed by atoms with Crippen molar-refractivity contribution in [1.29, 1.82) is 0 Å².